The van der Waals surface area contributed by atoms with Crippen LogP contribution in [0.5, 0.6) is 0 Å². The summed E-state index contributed by atoms with van der Waals surface area (Å²) in [6.45, 7) is 2.22. The van der Waals surface area contributed by atoms with Gasteiger partial charge in [-0.05, 0) is 38.0 Å². The number of primary amides is 1. The summed E-state index contributed by atoms with van der Waals surface area (Å²) < 4.78 is 13.1. The molecule has 0 bridgehead atoms. The van der Waals surface area contributed by atoms with E-state index in [0.717, 1.165) is 6.42 Å². The van der Waals surface area contributed by atoms with E-state index in [9.17, 15) is 14.0 Å². The van der Waals surface area contributed by atoms with Crippen molar-refractivity contribution < 1.29 is 14.0 Å². The molecule has 1 saturated heterocycles. The number of urea groups is 1. The summed E-state index contributed by atoms with van der Waals surface area (Å²) in [5.41, 5.74) is 5.69. The Morgan fingerprint density at radius 3 is 2.80 bits per heavy atom. The minimum absolute atomic E-state index is 0.0270. The molecule has 1 aliphatic rings. The molecule has 3 N–H and O–H groups in total. The summed E-state index contributed by atoms with van der Waals surface area (Å²) in [6.07, 6.45) is 1.42. The van der Waals surface area contributed by atoms with Crippen molar-refractivity contribution in [2.45, 2.75) is 25.8 Å². The first kappa shape index (κ1) is 14.3. The Morgan fingerprint density at radius 1 is 1.40 bits per heavy atom. The Hall–Kier alpha value is -2.11. The van der Waals surface area contributed by atoms with Crippen LogP contribution in [-0.2, 0) is 4.79 Å². The summed E-state index contributed by atoms with van der Waals surface area (Å²) in [4.78, 5) is 25.0. The van der Waals surface area contributed by atoms with E-state index in [0.29, 0.717) is 18.7 Å². The number of nitrogens with one attached hydrogen (secondary N) is 1. The Kier molecular flexibility index (Phi) is 4.22. The Balaban J connectivity index is 2.05. The van der Waals surface area contributed by atoms with Gasteiger partial charge in [0.15, 0.2) is 0 Å². The highest BCUT2D eigenvalue weighted by Crippen LogP contribution is 2.22. The fourth-order valence-corrected chi connectivity index (χ4v) is 2.38. The van der Waals surface area contributed by atoms with Gasteiger partial charge < -0.3 is 16.0 Å². The van der Waals surface area contributed by atoms with Crippen molar-refractivity contribution in [3.63, 3.8) is 0 Å². The molecule has 2 atom stereocenters. The standard InChI is InChI=1S/C14H18FN3O2/c1-9-5-6-10(13(16)19)8-18(9)14(20)17-12-4-2-3-11(15)7-12/h2-4,7,9-10H,5-6,8H2,1H3,(H2,16,19)(H,17,20)/t9-,10-/m1/s1. The normalized spacial score (nSPS) is 22.4. The van der Waals surface area contributed by atoms with Crippen molar-refractivity contribution >= 4 is 17.6 Å². The highest BCUT2D eigenvalue weighted by Gasteiger charge is 2.31. The van der Waals surface area contributed by atoms with E-state index in [-0.39, 0.29) is 23.9 Å². The van der Waals surface area contributed by atoms with Crippen LogP contribution < -0.4 is 11.1 Å². The lowest BCUT2D eigenvalue weighted by molar-refractivity contribution is -0.123. The second-order valence-electron chi connectivity index (χ2n) is 5.12. The van der Waals surface area contributed by atoms with Gasteiger partial charge in [0.1, 0.15) is 5.82 Å². The summed E-state index contributed by atoms with van der Waals surface area (Å²) >= 11 is 0. The topological polar surface area (TPSA) is 75.4 Å². The van der Waals surface area contributed by atoms with Crippen LogP contribution in [0.25, 0.3) is 0 Å². The van der Waals surface area contributed by atoms with Crippen molar-refractivity contribution in [2.75, 3.05) is 11.9 Å². The number of halogens is 1. The molecule has 0 saturated carbocycles. The summed E-state index contributed by atoms with van der Waals surface area (Å²) in [5, 5.41) is 2.64. The number of nitrogens with two attached hydrogens (primary N) is 1. The van der Waals surface area contributed by atoms with Crippen molar-refractivity contribution in [1.29, 1.82) is 0 Å². The number of hydrogen-bond acceptors (Lipinski definition) is 2. The first-order valence-electron chi connectivity index (χ1n) is 6.60. The molecule has 1 heterocycles. The van der Waals surface area contributed by atoms with E-state index in [4.69, 9.17) is 5.73 Å². The van der Waals surface area contributed by atoms with Gasteiger partial charge in [0.05, 0.1) is 5.92 Å². The van der Waals surface area contributed by atoms with Crippen molar-refractivity contribution in [3.05, 3.63) is 30.1 Å². The molecule has 1 aliphatic heterocycles. The van der Waals surface area contributed by atoms with Crippen LogP contribution in [0.1, 0.15) is 19.8 Å². The number of anilines is 1. The molecule has 0 unspecified atom stereocenters. The average Bonchev–Trinajstić information content (AvgIpc) is 2.38. The summed E-state index contributed by atoms with van der Waals surface area (Å²) in [6, 6.07) is 5.38. The van der Waals surface area contributed by atoms with Gasteiger partial charge in [-0.25, -0.2) is 9.18 Å². The lowest BCUT2D eigenvalue weighted by Crippen LogP contribution is -2.50. The highest BCUT2D eigenvalue weighted by molar-refractivity contribution is 5.90. The van der Waals surface area contributed by atoms with Gasteiger partial charge in [-0.15, -0.1) is 0 Å². The average molecular weight is 279 g/mol. The molecule has 20 heavy (non-hydrogen) atoms. The van der Waals surface area contributed by atoms with Gasteiger partial charge in [0, 0.05) is 18.3 Å². The SMILES string of the molecule is C[C@@H]1CC[C@@H](C(N)=O)CN1C(=O)Nc1cccc(F)c1. The molecule has 0 spiro atoms. The number of likely N-dealkylation sites (tertiary alicyclic amines) is 1. The number of nitrogens with zero attached hydrogens (tertiary/aromatic N) is 1. The molecule has 0 aromatic heterocycles. The van der Waals surface area contributed by atoms with Gasteiger partial charge in [-0.2, -0.15) is 0 Å². The first-order chi connectivity index (χ1) is 9.47. The van der Waals surface area contributed by atoms with Crippen molar-refractivity contribution in [1.82, 2.24) is 4.90 Å². The largest absolute Gasteiger partial charge is 0.369 e. The smallest absolute Gasteiger partial charge is 0.322 e. The number of rotatable bonds is 2. The molecular weight excluding hydrogens is 261 g/mol. The molecule has 0 aliphatic carbocycles. The maximum absolute atomic E-state index is 13.1. The Morgan fingerprint density at radius 2 is 2.15 bits per heavy atom. The maximum atomic E-state index is 13.1. The molecular formula is C14H18FN3O2. The number of carbonyl (C=O) groups is 2. The quantitative estimate of drug-likeness (QED) is 0.868. The summed E-state index contributed by atoms with van der Waals surface area (Å²) in [5.74, 6) is -1.12. The molecule has 1 aromatic rings. The fraction of sp³-hybridized carbons (Fsp3) is 0.429. The van der Waals surface area contributed by atoms with E-state index in [1.54, 1.807) is 11.0 Å². The number of piperidine rings is 1. The Labute approximate surface area is 116 Å². The third kappa shape index (κ3) is 3.26. The van der Waals surface area contributed by atoms with Crippen LogP contribution in [0.3, 0.4) is 0 Å². The van der Waals surface area contributed by atoms with Crippen molar-refractivity contribution in [2.24, 2.45) is 11.7 Å². The molecule has 108 valence electrons. The first-order valence-corrected chi connectivity index (χ1v) is 6.60. The molecule has 0 radical (unpaired) electrons. The van der Waals surface area contributed by atoms with Gasteiger partial charge in [-0.3, -0.25) is 4.79 Å². The van der Waals surface area contributed by atoms with Gasteiger partial charge in [0.25, 0.3) is 0 Å². The lowest BCUT2D eigenvalue weighted by Gasteiger charge is -2.36. The van der Waals surface area contributed by atoms with Crippen LogP contribution >= 0.6 is 0 Å². The van der Waals surface area contributed by atoms with Crippen LogP contribution in [-0.4, -0.2) is 29.4 Å². The molecule has 1 fully saturated rings. The minimum Gasteiger partial charge on any atom is -0.369 e. The predicted molar refractivity (Wildman–Crippen MR) is 73.5 cm³/mol. The van der Waals surface area contributed by atoms with Crippen LogP contribution in [0, 0.1) is 11.7 Å². The third-order valence-corrected chi connectivity index (χ3v) is 3.62. The maximum Gasteiger partial charge on any atom is 0.322 e. The predicted octanol–water partition coefficient (Wildman–Crippen LogP) is 1.94. The number of amides is 3. The molecule has 3 amide bonds. The molecule has 2 rings (SSSR count). The van der Waals surface area contributed by atoms with E-state index in [2.05, 4.69) is 5.32 Å². The number of carbonyl (C=O) groups excluding carboxylic acids is 2. The molecule has 5 nitrogen and oxygen atoms in total. The highest BCUT2D eigenvalue weighted by atomic mass is 19.1. The lowest BCUT2D eigenvalue weighted by atomic mass is 9.93. The van der Waals surface area contributed by atoms with Crippen LogP contribution in [0.2, 0.25) is 0 Å². The monoisotopic (exact) mass is 279 g/mol. The van der Waals surface area contributed by atoms with Crippen LogP contribution in [0.4, 0.5) is 14.9 Å². The van der Waals surface area contributed by atoms with Crippen LogP contribution in [0.15, 0.2) is 24.3 Å². The second kappa shape index (κ2) is 5.90. The fourth-order valence-electron chi connectivity index (χ4n) is 2.38. The minimum atomic E-state index is -0.412. The number of hydrogen-bond donors (Lipinski definition) is 2. The van der Waals surface area contributed by atoms with Gasteiger partial charge >= 0.3 is 6.03 Å². The Bertz CT molecular complexity index is 521. The second-order valence-corrected chi connectivity index (χ2v) is 5.12. The zero-order chi connectivity index (χ0) is 14.7. The van der Waals surface area contributed by atoms with Gasteiger partial charge in [-0.1, -0.05) is 6.07 Å². The van der Waals surface area contributed by atoms with E-state index >= 15 is 0 Å². The van der Waals surface area contributed by atoms with E-state index < -0.39 is 5.82 Å². The van der Waals surface area contributed by atoms with E-state index in [1.165, 1.54) is 18.2 Å². The van der Waals surface area contributed by atoms with Gasteiger partial charge in [0.2, 0.25) is 5.91 Å². The molecule has 6 heteroatoms. The third-order valence-electron chi connectivity index (χ3n) is 3.62. The molecule has 1 aromatic carbocycles. The zero-order valence-electron chi connectivity index (χ0n) is 11.3. The summed E-state index contributed by atoms with van der Waals surface area (Å²) in [7, 11) is 0. The van der Waals surface area contributed by atoms with E-state index in [1.807, 2.05) is 6.92 Å². The number of benzene rings is 1. The van der Waals surface area contributed by atoms with Crippen molar-refractivity contribution in [3.8, 4) is 0 Å². The zero-order valence-corrected chi connectivity index (χ0v) is 11.3.